The molecular weight excluding hydrogens is 366 g/mol. The van der Waals surface area contributed by atoms with Crippen molar-refractivity contribution >= 4 is 33.6 Å². The summed E-state index contributed by atoms with van der Waals surface area (Å²) in [7, 11) is 1.60. The zero-order valence-electron chi connectivity index (χ0n) is 12.7. The summed E-state index contributed by atoms with van der Waals surface area (Å²) in [5.74, 6) is -0.780. The summed E-state index contributed by atoms with van der Waals surface area (Å²) in [5.41, 5.74) is -0.490. The fraction of sp³-hybridized carbons (Fsp3) is 0.533. The van der Waals surface area contributed by atoms with Crippen LogP contribution in [0.5, 0.6) is 0 Å². The molecular formula is C15H18BrN3O4. The number of nitrogens with one attached hydrogen (secondary N) is 1. The molecule has 2 N–H and O–H groups in total. The second-order valence-corrected chi connectivity index (χ2v) is 7.21. The van der Waals surface area contributed by atoms with Crippen LogP contribution in [0.4, 0.5) is 10.5 Å². The monoisotopic (exact) mass is 383 g/mol. The quantitative estimate of drug-likeness (QED) is 0.815. The van der Waals surface area contributed by atoms with E-state index in [0.717, 1.165) is 12.8 Å². The number of nitrogens with zero attached hydrogens (tertiary/aromatic N) is 2. The van der Waals surface area contributed by atoms with Gasteiger partial charge in [-0.3, -0.25) is 9.59 Å². The molecule has 23 heavy (non-hydrogen) atoms. The van der Waals surface area contributed by atoms with Gasteiger partial charge in [0.15, 0.2) is 0 Å². The molecule has 0 spiro atoms. The summed E-state index contributed by atoms with van der Waals surface area (Å²) in [6.45, 7) is 0.705. The van der Waals surface area contributed by atoms with E-state index < -0.39 is 11.4 Å². The average Bonchev–Trinajstić information content (AvgIpc) is 3.02. The highest BCUT2D eigenvalue weighted by atomic mass is 79.9. The van der Waals surface area contributed by atoms with Gasteiger partial charge >= 0.3 is 12.0 Å². The fourth-order valence-corrected chi connectivity index (χ4v) is 4.26. The van der Waals surface area contributed by atoms with E-state index in [9.17, 15) is 19.5 Å². The second kappa shape index (κ2) is 5.67. The maximum absolute atomic E-state index is 12.4. The van der Waals surface area contributed by atoms with E-state index in [0.29, 0.717) is 23.1 Å². The Kier molecular flexibility index (Phi) is 3.95. The van der Waals surface area contributed by atoms with Gasteiger partial charge in [-0.15, -0.1) is 0 Å². The van der Waals surface area contributed by atoms with Crippen LogP contribution in [0.25, 0.3) is 0 Å². The van der Waals surface area contributed by atoms with E-state index in [1.807, 2.05) is 0 Å². The van der Waals surface area contributed by atoms with Crippen molar-refractivity contribution in [2.45, 2.75) is 19.3 Å². The number of carboxylic acid groups (broad SMARTS) is 1. The van der Waals surface area contributed by atoms with E-state index in [1.165, 1.54) is 10.8 Å². The minimum Gasteiger partial charge on any atom is -0.481 e. The number of pyridine rings is 1. The average molecular weight is 384 g/mol. The van der Waals surface area contributed by atoms with Gasteiger partial charge in [-0.05, 0) is 40.8 Å². The number of rotatable bonds is 2. The molecule has 1 aliphatic carbocycles. The number of hydrogen-bond acceptors (Lipinski definition) is 3. The Bertz CT molecular complexity index is 706. The first-order valence-corrected chi connectivity index (χ1v) is 8.28. The van der Waals surface area contributed by atoms with Crippen molar-refractivity contribution in [3.05, 3.63) is 27.1 Å². The van der Waals surface area contributed by atoms with Crippen LogP contribution in [0.1, 0.15) is 19.3 Å². The van der Waals surface area contributed by atoms with Crippen molar-refractivity contribution in [3.8, 4) is 0 Å². The Hall–Kier alpha value is -1.83. The lowest BCUT2D eigenvalue weighted by Gasteiger charge is -2.23. The van der Waals surface area contributed by atoms with Crippen molar-refractivity contribution in [3.63, 3.8) is 0 Å². The van der Waals surface area contributed by atoms with Crippen LogP contribution in [-0.4, -0.2) is 39.7 Å². The fourth-order valence-electron chi connectivity index (χ4n) is 3.74. The molecule has 124 valence electrons. The molecule has 2 atom stereocenters. The number of halogens is 1. The van der Waals surface area contributed by atoms with Crippen molar-refractivity contribution in [1.29, 1.82) is 0 Å². The Morgan fingerprint density at radius 1 is 1.48 bits per heavy atom. The highest BCUT2D eigenvalue weighted by Crippen LogP contribution is 2.48. The summed E-state index contributed by atoms with van der Waals surface area (Å²) >= 11 is 3.16. The molecule has 8 heteroatoms. The number of likely N-dealkylation sites (tertiary alicyclic amines) is 1. The lowest BCUT2D eigenvalue weighted by Crippen LogP contribution is -2.38. The molecule has 2 fully saturated rings. The first-order valence-electron chi connectivity index (χ1n) is 7.49. The van der Waals surface area contributed by atoms with Gasteiger partial charge in [-0.1, -0.05) is 6.42 Å². The molecule has 2 amide bonds. The maximum atomic E-state index is 12.4. The number of urea groups is 1. The maximum Gasteiger partial charge on any atom is 0.321 e. The number of hydrogen-bond donors (Lipinski definition) is 2. The predicted octanol–water partition coefficient (Wildman–Crippen LogP) is 1.87. The Balaban J connectivity index is 1.75. The summed E-state index contributed by atoms with van der Waals surface area (Å²) < 4.78 is 1.73. The molecule has 2 heterocycles. The van der Waals surface area contributed by atoms with Gasteiger partial charge in [0.25, 0.3) is 5.56 Å². The van der Waals surface area contributed by atoms with Crippen molar-refractivity contribution in [2.24, 2.45) is 18.4 Å². The Morgan fingerprint density at radius 2 is 2.22 bits per heavy atom. The summed E-state index contributed by atoms with van der Waals surface area (Å²) in [6, 6.07) is 1.22. The van der Waals surface area contributed by atoms with Crippen molar-refractivity contribution in [2.75, 3.05) is 18.4 Å². The number of amides is 2. The molecule has 1 saturated carbocycles. The predicted molar refractivity (Wildman–Crippen MR) is 87.4 cm³/mol. The first kappa shape index (κ1) is 16.0. The zero-order chi connectivity index (χ0) is 16.8. The number of anilines is 1. The van der Waals surface area contributed by atoms with Crippen molar-refractivity contribution < 1.29 is 14.7 Å². The van der Waals surface area contributed by atoms with Gasteiger partial charge in [-0.25, -0.2) is 4.79 Å². The largest absolute Gasteiger partial charge is 0.481 e. The molecule has 1 aromatic rings. The topological polar surface area (TPSA) is 91.6 Å². The Labute approximate surface area is 141 Å². The molecule has 1 aliphatic heterocycles. The molecule has 2 aliphatic rings. The van der Waals surface area contributed by atoms with Gasteiger partial charge in [0.2, 0.25) is 0 Å². The molecule has 0 radical (unpaired) electrons. The highest BCUT2D eigenvalue weighted by Gasteiger charge is 2.55. The van der Waals surface area contributed by atoms with Gasteiger partial charge in [0.05, 0.1) is 15.6 Å². The van der Waals surface area contributed by atoms with Gasteiger partial charge in [0, 0.05) is 26.3 Å². The third-order valence-electron chi connectivity index (χ3n) is 4.97. The number of aliphatic carboxylic acids is 1. The van der Waals surface area contributed by atoms with E-state index in [2.05, 4.69) is 21.2 Å². The minimum absolute atomic E-state index is 0.0256. The molecule has 3 rings (SSSR count). The normalized spacial score (nSPS) is 26.2. The molecule has 0 bridgehead atoms. The van der Waals surface area contributed by atoms with Crippen LogP contribution in [0.2, 0.25) is 0 Å². The minimum atomic E-state index is -0.805. The number of aromatic nitrogens is 1. The van der Waals surface area contributed by atoms with Gasteiger partial charge in [0.1, 0.15) is 0 Å². The number of fused-ring (bicyclic) bond motifs is 1. The first-order chi connectivity index (χ1) is 10.8. The van der Waals surface area contributed by atoms with Crippen LogP contribution in [0.15, 0.2) is 21.5 Å². The van der Waals surface area contributed by atoms with Crippen LogP contribution in [-0.2, 0) is 11.8 Å². The van der Waals surface area contributed by atoms with Gasteiger partial charge in [-0.2, -0.15) is 0 Å². The van der Waals surface area contributed by atoms with Crippen LogP contribution in [0, 0.1) is 11.3 Å². The highest BCUT2D eigenvalue weighted by molar-refractivity contribution is 9.10. The number of aryl methyl sites for hydroxylation is 1. The third-order valence-corrected chi connectivity index (χ3v) is 5.54. The number of carboxylic acids is 1. The van der Waals surface area contributed by atoms with Crippen LogP contribution < -0.4 is 10.9 Å². The van der Waals surface area contributed by atoms with E-state index in [1.54, 1.807) is 18.0 Å². The number of carbonyl (C=O) groups is 2. The number of carbonyl (C=O) groups excluding carboxylic acids is 1. The molecule has 1 aromatic heterocycles. The Morgan fingerprint density at radius 3 is 2.83 bits per heavy atom. The van der Waals surface area contributed by atoms with Crippen molar-refractivity contribution in [1.82, 2.24) is 9.47 Å². The van der Waals surface area contributed by atoms with Gasteiger partial charge < -0.3 is 19.9 Å². The molecule has 7 nitrogen and oxygen atoms in total. The summed E-state index contributed by atoms with van der Waals surface area (Å²) in [5, 5.41) is 12.3. The van der Waals surface area contributed by atoms with E-state index in [4.69, 9.17) is 0 Å². The van der Waals surface area contributed by atoms with Crippen LogP contribution >= 0.6 is 15.9 Å². The summed E-state index contributed by atoms with van der Waals surface area (Å²) in [6.07, 6.45) is 3.92. The second-order valence-electron chi connectivity index (χ2n) is 6.35. The van der Waals surface area contributed by atoms with Crippen LogP contribution in [0.3, 0.4) is 0 Å². The molecule has 1 saturated heterocycles. The lowest BCUT2D eigenvalue weighted by atomic mass is 9.81. The molecule has 0 unspecified atom stereocenters. The SMILES string of the molecule is Cn1cc(NC(=O)N2C[C@@H]3CCC[C@@]3(C(=O)O)C2)cc(Br)c1=O. The van der Waals surface area contributed by atoms with E-state index in [-0.39, 0.29) is 24.1 Å². The standard InChI is InChI=1S/C15H18BrN3O4/c1-18-7-10(5-11(16)12(18)20)17-14(23)19-6-9-3-2-4-15(9,8-19)13(21)22/h5,7,9H,2-4,6,8H2,1H3,(H,17,23)(H,21,22)/t9-,15+/m0/s1. The van der Waals surface area contributed by atoms with E-state index >= 15 is 0 Å². The third kappa shape index (κ3) is 2.65. The lowest BCUT2D eigenvalue weighted by molar-refractivity contribution is -0.149. The zero-order valence-corrected chi connectivity index (χ0v) is 14.3. The summed E-state index contributed by atoms with van der Waals surface area (Å²) in [4.78, 5) is 37.3. The molecule has 0 aromatic carbocycles. The smallest absolute Gasteiger partial charge is 0.321 e.